The van der Waals surface area contributed by atoms with Gasteiger partial charge in [-0.25, -0.2) is 0 Å². The standard InChI is InChI=1S/C20H26BNO3/c1-19(2)20(3,4)25-21(24-19)16-7-5-6-8-17(16)22-18(23)15-12-13-9-10-14(15)11-13/h5-10,13-15H,11-12H2,1-4H3,(H,22,23)/t13-,14+,15-/m0/s1. The molecule has 0 spiro atoms. The van der Waals surface area contributed by atoms with Crippen LogP contribution in [0.15, 0.2) is 36.4 Å². The zero-order chi connectivity index (χ0) is 17.8. The molecular formula is C20H26BNO3. The van der Waals surface area contributed by atoms with E-state index in [1.54, 1.807) is 0 Å². The van der Waals surface area contributed by atoms with Crippen molar-refractivity contribution in [3.8, 4) is 0 Å². The van der Waals surface area contributed by atoms with Crippen LogP contribution >= 0.6 is 0 Å². The molecule has 4 rings (SSSR count). The maximum atomic E-state index is 12.8. The van der Waals surface area contributed by atoms with E-state index in [9.17, 15) is 4.79 Å². The van der Waals surface area contributed by atoms with Gasteiger partial charge in [-0.1, -0.05) is 30.4 Å². The van der Waals surface area contributed by atoms with Crippen LogP contribution in [-0.2, 0) is 14.1 Å². The summed E-state index contributed by atoms with van der Waals surface area (Å²) in [6, 6.07) is 7.79. The molecule has 2 aliphatic carbocycles. The molecule has 4 nitrogen and oxygen atoms in total. The molecule has 25 heavy (non-hydrogen) atoms. The third-order valence-electron chi connectivity index (χ3n) is 6.34. The van der Waals surface area contributed by atoms with Crippen LogP contribution in [-0.4, -0.2) is 24.2 Å². The fraction of sp³-hybridized carbons (Fsp3) is 0.550. The lowest BCUT2D eigenvalue weighted by molar-refractivity contribution is -0.120. The summed E-state index contributed by atoms with van der Waals surface area (Å²) in [6.45, 7) is 8.15. The van der Waals surface area contributed by atoms with Crippen molar-refractivity contribution in [2.45, 2.75) is 51.7 Å². The number of fused-ring (bicyclic) bond motifs is 2. The van der Waals surface area contributed by atoms with Crippen LogP contribution in [0.2, 0.25) is 0 Å². The Labute approximate surface area is 150 Å². The Bertz CT molecular complexity index is 711. The Kier molecular flexibility index (Phi) is 3.85. The minimum atomic E-state index is -0.471. The third-order valence-corrected chi connectivity index (χ3v) is 6.34. The van der Waals surface area contributed by atoms with Crippen molar-refractivity contribution < 1.29 is 14.1 Å². The maximum Gasteiger partial charge on any atom is 0.496 e. The van der Waals surface area contributed by atoms with Crippen molar-refractivity contribution in [3.63, 3.8) is 0 Å². The molecule has 1 N–H and O–H groups in total. The third kappa shape index (κ3) is 2.83. The van der Waals surface area contributed by atoms with E-state index >= 15 is 0 Å². The van der Waals surface area contributed by atoms with Crippen LogP contribution < -0.4 is 10.8 Å². The van der Waals surface area contributed by atoms with Gasteiger partial charge in [-0.3, -0.25) is 4.79 Å². The first-order valence-corrected chi connectivity index (χ1v) is 9.20. The number of carbonyl (C=O) groups is 1. The number of allylic oxidation sites excluding steroid dienone is 2. The molecule has 1 aromatic carbocycles. The molecule has 0 aromatic heterocycles. The molecule has 3 atom stereocenters. The van der Waals surface area contributed by atoms with E-state index in [4.69, 9.17) is 9.31 Å². The summed E-state index contributed by atoms with van der Waals surface area (Å²) < 4.78 is 12.3. The number of anilines is 1. The highest BCUT2D eigenvalue weighted by Gasteiger charge is 2.52. The van der Waals surface area contributed by atoms with Crippen LogP contribution in [0.4, 0.5) is 5.69 Å². The molecule has 1 amide bonds. The SMILES string of the molecule is CC1(C)OB(c2ccccc2NC(=O)[C@H]2C[C@H]3C=C[C@@H]2C3)OC1(C)C. The minimum Gasteiger partial charge on any atom is -0.399 e. The first-order chi connectivity index (χ1) is 11.8. The van der Waals surface area contributed by atoms with E-state index in [2.05, 4.69) is 17.5 Å². The lowest BCUT2D eigenvalue weighted by atomic mass is 9.77. The molecule has 2 fully saturated rings. The van der Waals surface area contributed by atoms with Gasteiger partial charge in [-0.05, 0) is 58.4 Å². The summed E-state index contributed by atoms with van der Waals surface area (Å²) in [5.41, 5.74) is 0.875. The number of amides is 1. The number of hydrogen-bond donors (Lipinski definition) is 1. The molecule has 0 unspecified atom stereocenters. The second kappa shape index (κ2) is 5.71. The van der Waals surface area contributed by atoms with E-state index in [0.29, 0.717) is 11.8 Å². The van der Waals surface area contributed by atoms with Gasteiger partial charge in [0.1, 0.15) is 0 Å². The predicted molar refractivity (Wildman–Crippen MR) is 99.6 cm³/mol. The topological polar surface area (TPSA) is 47.6 Å². The van der Waals surface area contributed by atoms with Gasteiger partial charge in [0.15, 0.2) is 0 Å². The maximum absolute atomic E-state index is 12.8. The van der Waals surface area contributed by atoms with Crippen molar-refractivity contribution >= 4 is 24.2 Å². The predicted octanol–water partition coefficient (Wildman–Crippen LogP) is 3.14. The second-order valence-electron chi connectivity index (χ2n) is 8.55. The lowest BCUT2D eigenvalue weighted by Gasteiger charge is -2.32. The number of benzene rings is 1. The zero-order valence-corrected chi connectivity index (χ0v) is 15.4. The first-order valence-electron chi connectivity index (χ1n) is 9.20. The molecule has 1 saturated carbocycles. The Balaban J connectivity index is 1.54. The smallest absolute Gasteiger partial charge is 0.399 e. The molecule has 0 radical (unpaired) electrons. The van der Waals surface area contributed by atoms with Crippen molar-refractivity contribution in [2.75, 3.05) is 5.32 Å². The van der Waals surface area contributed by atoms with Crippen LogP contribution in [0.25, 0.3) is 0 Å². The van der Waals surface area contributed by atoms with E-state index in [1.807, 2.05) is 52.0 Å². The van der Waals surface area contributed by atoms with E-state index in [1.165, 1.54) is 0 Å². The molecule has 132 valence electrons. The summed E-state index contributed by atoms with van der Waals surface area (Å²) in [5, 5.41) is 3.14. The Hall–Kier alpha value is -1.59. The summed E-state index contributed by atoms with van der Waals surface area (Å²) in [6.07, 6.45) is 6.55. The molecule has 1 aliphatic heterocycles. The molecule has 1 saturated heterocycles. The fourth-order valence-electron chi connectivity index (χ4n) is 4.09. The van der Waals surface area contributed by atoms with Crippen molar-refractivity contribution in [1.82, 2.24) is 0 Å². The van der Waals surface area contributed by atoms with Crippen LogP contribution in [0, 0.1) is 17.8 Å². The summed E-state index contributed by atoms with van der Waals surface area (Å²) in [4.78, 5) is 12.8. The van der Waals surface area contributed by atoms with Gasteiger partial charge in [-0.15, -0.1) is 0 Å². The Morgan fingerprint density at radius 2 is 1.76 bits per heavy atom. The highest BCUT2D eigenvalue weighted by atomic mass is 16.7. The van der Waals surface area contributed by atoms with E-state index in [-0.39, 0.29) is 11.8 Å². The molecule has 1 heterocycles. The average molecular weight is 339 g/mol. The number of rotatable bonds is 3. The zero-order valence-electron chi connectivity index (χ0n) is 15.4. The summed E-state index contributed by atoms with van der Waals surface area (Å²) >= 11 is 0. The average Bonchev–Trinajstić information content (AvgIpc) is 3.21. The van der Waals surface area contributed by atoms with Gasteiger partial charge in [0, 0.05) is 17.1 Å². The normalized spacial score (nSPS) is 31.5. The highest BCUT2D eigenvalue weighted by Crippen LogP contribution is 2.44. The van der Waals surface area contributed by atoms with Gasteiger partial charge < -0.3 is 14.6 Å². The number of para-hydroxylation sites is 1. The molecule has 1 aromatic rings. The van der Waals surface area contributed by atoms with E-state index in [0.717, 1.165) is 24.0 Å². The minimum absolute atomic E-state index is 0.0846. The van der Waals surface area contributed by atoms with Crippen molar-refractivity contribution in [2.24, 2.45) is 17.8 Å². The highest BCUT2D eigenvalue weighted by molar-refractivity contribution is 6.64. The summed E-state index contributed by atoms with van der Waals surface area (Å²) in [7, 11) is -0.471. The van der Waals surface area contributed by atoms with Crippen LogP contribution in [0.5, 0.6) is 0 Å². The molecular weight excluding hydrogens is 313 g/mol. The first kappa shape index (κ1) is 16.9. The lowest BCUT2D eigenvalue weighted by Crippen LogP contribution is -2.41. The second-order valence-corrected chi connectivity index (χ2v) is 8.55. The fourth-order valence-corrected chi connectivity index (χ4v) is 4.09. The van der Waals surface area contributed by atoms with Gasteiger partial charge in [0.2, 0.25) is 5.91 Å². The quantitative estimate of drug-likeness (QED) is 0.680. The van der Waals surface area contributed by atoms with Crippen LogP contribution in [0.1, 0.15) is 40.5 Å². The van der Waals surface area contributed by atoms with Crippen molar-refractivity contribution in [1.29, 1.82) is 0 Å². The van der Waals surface area contributed by atoms with Crippen LogP contribution in [0.3, 0.4) is 0 Å². The number of nitrogens with one attached hydrogen (secondary N) is 1. The number of hydrogen-bond acceptors (Lipinski definition) is 3. The summed E-state index contributed by atoms with van der Waals surface area (Å²) in [5.74, 6) is 1.18. The number of carbonyl (C=O) groups excluding carboxylic acids is 1. The largest absolute Gasteiger partial charge is 0.496 e. The molecule has 2 bridgehead atoms. The van der Waals surface area contributed by atoms with Crippen molar-refractivity contribution in [3.05, 3.63) is 36.4 Å². The molecule has 3 aliphatic rings. The Morgan fingerprint density at radius 3 is 2.36 bits per heavy atom. The van der Waals surface area contributed by atoms with E-state index < -0.39 is 18.3 Å². The van der Waals surface area contributed by atoms with Gasteiger partial charge in [-0.2, -0.15) is 0 Å². The van der Waals surface area contributed by atoms with Gasteiger partial charge in [0.25, 0.3) is 0 Å². The molecule has 5 heteroatoms. The van der Waals surface area contributed by atoms with Gasteiger partial charge in [0.05, 0.1) is 11.2 Å². The Morgan fingerprint density at radius 1 is 1.08 bits per heavy atom. The monoisotopic (exact) mass is 339 g/mol. The van der Waals surface area contributed by atoms with Gasteiger partial charge >= 0.3 is 7.12 Å².